The molecule has 2 fully saturated rings. The summed E-state index contributed by atoms with van der Waals surface area (Å²) in [5, 5.41) is 2.67. The number of ether oxygens (including phenoxy) is 4. The summed E-state index contributed by atoms with van der Waals surface area (Å²) in [4.78, 5) is 49.7. The molecule has 1 atom stereocenters. The zero-order valence-electron chi connectivity index (χ0n) is 31.0. The summed E-state index contributed by atoms with van der Waals surface area (Å²) >= 11 is 0. The van der Waals surface area contributed by atoms with Gasteiger partial charge in [0.1, 0.15) is 29.5 Å². The highest BCUT2D eigenvalue weighted by Gasteiger charge is 2.39. The van der Waals surface area contributed by atoms with Crippen molar-refractivity contribution in [3.63, 3.8) is 0 Å². The lowest BCUT2D eigenvalue weighted by molar-refractivity contribution is 0.00908. The van der Waals surface area contributed by atoms with Crippen LogP contribution in [0.4, 0.5) is 15.9 Å². The zero-order valence-corrected chi connectivity index (χ0v) is 31.0. The quantitative estimate of drug-likeness (QED) is 0.198. The predicted octanol–water partition coefficient (Wildman–Crippen LogP) is 5.06. The van der Waals surface area contributed by atoms with Gasteiger partial charge in [-0.2, -0.15) is 0 Å². The van der Waals surface area contributed by atoms with Crippen molar-refractivity contribution in [2.45, 2.75) is 19.7 Å². The van der Waals surface area contributed by atoms with Crippen LogP contribution < -0.4 is 26.0 Å². The molecule has 0 spiro atoms. The minimum atomic E-state index is -0.751. The number of rotatable bonds is 10. The number of nitrogens with two attached hydrogens (primary N) is 1. The van der Waals surface area contributed by atoms with Crippen molar-refractivity contribution in [1.29, 1.82) is 0 Å². The van der Waals surface area contributed by atoms with Crippen molar-refractivity contribution >= 4 is 23.3 Å². The van der Waals surface area contributed by atoms with Crippen LogP contribution in [0, 0.1) is 12.7 Å². The molecule has 2 saturated heterocycles. The number of nitrogens with one attached hydrogen (secondary N) is 1. The maximum Gasteiger partial charge on any atom is 0.273 e. The van der Waals surface area contributed by atoms with Crippen molar-refractivity contribution in [3.8, 4) is 44.9 Å². The Morgan fingerprint density at radius 3 is 2.50 bits per heavy atom. The van der Waals surface area contributed by atoms with E-state index in [0.29, 0.717) is 47.9 Å². The first-order valence-electron chi connectivity index (χ1n) is 18.4. The molecule has 56 heavy (non-hydrogen) atoms. The summed E-state index contributed by atoms with van der Waals surface area (Å²) in [5.74, 6) is -0.498. The predicted molar refractivity (Wildman–Crippen MR) is 208 cm³/mol. The van der Waals surface area contributed by atoms with Gasteiger partial charge in [-0.3, -0.25) is 19.3 Å². The highest BCUT2D eigenvalue weighted by Crippen LogP contribution is 2.36. The molecule has 8 rings (SSSR count). The number of pyridine rings is 2. The average molecular weight is 761 g/mol. The Labute approximate surface area is 322 Å². The number of hydrogen-bond donors (Lipinski definition) is 2. The first-order chi connectivity index (χ1) is 27.2. The Hall–Kier alpha value is -6.09. The van der Waals surface area contributed by atoms with Crippen molar-refractivity contribution < 1.29 is 32.9 Å². The number of aromatic nitrogens is 2. The monoisotopic (exact) mass is 760 g/mol. The fourth-order valence-corrected chi connectivity index (χ4v) is 7.33. The van der Waals surface area contributed by atoms with E-state index in [4.69, 9.17) is 24.7 Å². The number of halogens is 1. The normalized spacial score (nSPS) is 16.7. The van der Waals surface area contributed by atoms with Gasteiger partial charge >= 0.3 is 0 Å². The molecule has 0 bridgehead atoms. The van der Waals surface area contributed by atoms with E-state index in [-0.39, 0.29) is 46.3 Å². The molecule has 1 unspecified atom stereocenters. The molecule has 2 aromatic heterocycles. The van der Waals surface area contributed by atoms with Gasteiger partial charge in [0, 0.05) is 61.0 Å². The highest BCUT2D eigenvalue weighted by molar-refractivity contribution is 6.07. The smallest absolute Gasteiger partial charge is 0.273 e. The second-order valence-electron chi connectivity index (χ2n) is 13.9. The van der Waals surface area contributed by atoms with E-state index in [1.807, 2.05) is 37.3 Å². The largest absolute Gasteiger partial charge is 0.493 e. The minimum absolute atomic E-state index is 0.115. The van der Waals surface area contributed by atoms with Gasteiger partial charge in [-0.25, -0.2) is 9.37 Å². The number of aryl methyl sites for hydroxylation is 1. The van der Waals surface area contributed by atoms with Crippen LogP contribution in [0.15, 0.2) is 83.9 Å². The second kappa shape index (κ2) is 15.6. The van der Waals surface area contributed by atoms with E-state index in [2.05, 4.69) is 15.2 Å². The van der Waals surface area contributed by atoms with Crippen LogP contribution >= 0.6 is 0 Å². The molecule has 0 saturated carbocycles. The molecule has 3 aliphatic rings. The number of nitrogen functional groups attached to an aromatic ring is 1. The Morgan fingerprint density at radius 1 is 0.946 bits per heavy atom. The van der Waals surface area contributed by atoms with E-state index in [1.54, 1.807) is 41.0 Å². The molecule has 3 aromatic carbocycles. The molecule has 3 N–H and O–H groups in total. The Kier molecular flexibility index (Phi) is 10.3. The van der Waals surface area contributed by atoms with Gasteiger partial charge in [0.2, 0.25) is 5.43 Å². The number of anilines is 2. The van der Waals surface area contributed by atoms with Crippen molar-refractivity contribution in [2.75, 3.05) is 70.8 Å². The van der Waals surface area contributed by atoms with E-state index >= 15 is 4.39 Å². The van der Waals surface area contributed by atoms with Crippen molar-refractivity contribution in [2.24, 2.45) is 0 Å². The van der Waals surface area contributed by atoms with Crippen LogP contribution in [0.3, 0.4) is 0 Å². The number of morpholine rings is 1. The van der Waals surface area contributed by atoms with E-state index < -0.39 is 23.4 Å². The van der Waals surface area contributed by atoms with Crippen LogP contribution in [0.25, 0.3) is 33.4 Å². The summed E-state index contributed by atoms with van der Waals surface area (Å²) in [5.41, 5.74) is 9.34. The molecule has 288 valence electrons. The van der Waals surface area contributed by atoms with Gasteiger partial charge < -0.3 is 39.5 Å². The lowest BCUT2D eigenvalue weighted by Crippen LogP contribution is -2.46. The Bertz CT molecular complexity index is 2380. The summed E-state index contributed by atoms with van der Waals surface area (Å²) in [6.07, 6.45) is 2.47. The third kappa shape index (κ3) is 7.21. The standard InChI is InChI=1S/C42H41FN6O7/c1-25-3-5-26(6-4-25)37-38-42(52)49-14-18-56-36(49)24-48(38)23-32(39(37)50)41(51)46-29-8-9-30(33(43)21-29)31-19-28(22-45-40(31)44)27-7-10-34(35(20-27)53-2)55-17-13-47-11-15-54-16-12-47/h3-10,19-23,36H,11-18,24H2,1-2H3,(H2,44,45)(H,46,51). The second-order valence-corrected chi connectivity index (χ2v) is 13.9. The van der Waals surface area contributed by atoms with Gasteiger partial charge in [0.05, 0.1) is 39.0 Å². The number of nitrogens with zero attached hydrogens (tertiary/aromatic N) is 4. The van der Waals surface area contributed by atoms with Crippen LogP contribution in [0.1, 0.15) is 26.4 Å². The van der Waals surface area contributed by atoms with Gasteiger partial charge in [0.25, 0.3) is 11.8 Å². The first-order valence-corrected chi connectivity index (χ1v) is 18.4. The van der Waals surface area contributed by atoms with Gasteiger partial charge in [0.15, 0.2) is 17.7 Å². The minimum Gasteiger partial charge on any atom is -0.493 e. The number of benzene rings is 3. The van der Waals surface area contributed by atoms with Crippen molar-refractivity contribution in [3.05, 3.63) is 112 Å². The lowest BCUT2D eigenvalue weighted by Gasteiger charge is -2.32. The first kappa shape index (κ1) is 36.9. The number of carbonyl (C=O) groups excluding carboxylic acids is 2. The maximum absolute atomic E-state index is 15.9. The van der Waals surface area contributed by atoms with Crippen LogP contribution in [0.2, 0.25) is 0 Å². The van der Waals surface area contributed by atoms with Crippen LogP contribution in [0.5, 0.6) is 11.5 Å². The topological polar surface area (TPSA) is 150 Å². The van der Waals surface area contributed by atoms with E-state index in [1.165, 1.54) is 18.3 Å². The third-order valence-corrected chi connectivity index (χ3v) is 10.4. The fraction of sp³-hybridized carbons (Fsp3) is 0.286. The van der Waals surface area contributed by atoms with Gasteiger partial charge in [-0.1, -0.05) is 35.9 Å². The SMILES string of the molecule is COc1cc(-c2cnc(N)c(-c3ccc(NC(=O)c4cn5c(c(-c6ccc(C)cc6)c4=O)C(=O)N4CCOC4C5)cc3F)c2)ccc1OCCN1CCOCC1. The molecule has 13 nitrogen and oxygen atoms in total. The average Bonchev–Trinajstić information content (AvgIpc) is 3.68. The molecule has 5 heterocycles. The number of hydrogen-bond acceptors (Lipinski definition) is 10. The molecule has 2 amide bonds. The summed E-state index contributed by atoms with van der Waals surface area (Å²) in [6, 6.07) is 18.7. The number of carbonyl (C=O) groups is 2. The van der Waals surface area contributed by atoms with Crippen molar-refractivity contribution in [1.82, 2.24) is 19.4 Å². The highest BCUT2D eigenvalue weighted by atomic mass is 19.1. The molecule has 0 aliphatic carbocycles. The summed E-state index contributed by atoms with van der Waals surface area (Å²) in [7, 11) is 1.57. The maximum atomic E-state index is 15.9. The van der Waals surface area contributed by atoms with Crippen LogP contribution in [-0.4, -0.2) is 97.1 Å². The van der Waals surface area contributed by atoms with E-state index in [0.717, 1.165) is 50.0 Å². The van der Waals surface area contributed by atoms with Crippen LogP contribution in [-0.2, 0) is 16.0 Å². The number of amides is 2. The Morgan fingerprint density at radius 2 is 1.73 bits per heavy atom. The molecule has 14 heteroatoms. The molecule has 3 aliphatic heterocycles. The molecular weight excluding hydrogens is 719 g/mol. The molecular formula is C42H41FN6O7. The fourth-order valence-electron chi connectivity index (χ4n) is 7.33. The summed E-state index contributed by atoms with van der Waals surface area (Å²) < 4.78 is 40.4. The Balaban J connectivity index is 1.04. The lowest BCUT2D eigenvalue weighted by atomic mass is 9.97. The zero-order chi connectivity index (χ0) is 38.9. The van der Waals surface area contributed by atoms with Gasteiger partial charge in [-0.15, -0.1) is 0 Å². The molecule has 0 radical (unpaired) electrons. The molecule has 5 aromatic rings. The van der Waals surface area contributed by atoms with E-state index in [9.17, 15) is 14.4 Å². The van der Waals surface area contributed by atoms with Gasteiger partial charge in [-0.05, 0) is 54.4 Å². The third-order valence-electron chi connectivity index (χ3n) is 10.4. The number of methoxy groups -OCH3 is 1. The number of fused-ring (bicyclic) bond motifs is 2. The summed E-state index contributed by atoms with van der Waals surface area (Å²) in [6.45, 7) is 7.40.